The normalized spacial score (nSPS) is 17.4. The van der Waals surface area contributed by atoms with Gasteiger partial charge in [-0.3, -0.25) is 9.59 Å². The lowest BCUT2D eigenvalue weighted by atomic mass is 9.92. The zero-order valence-electron chi connectivity index (χ0n) is 12.3. The van der Waals surface area contributed by atoms with Crippen LogP contribution in [0.2, 0.25) is 0 Å². The highest BCUT2D eigenvalue weighted by atomic mass is 16.5. The SMILES string of the molecule is COCCOC1=C(N2[CH]C=CC=C2)C(=O)C(C#N)=C(C#N)C1=O. The highest BCUT2D eigenvalue weighted by molar-refractivity contribution is 6.27. The van der Waals surface area contributed by atoms with E-state index in [9.17, 15) is 9.59 Å². The second kappa shape index (κ2) is 7.21. The van der Waals surface area contributed by atoms with Crippen LogP contribution in [0.3, 0.4) is 0 Å². The number of hydrogen-bond donors (Lipinski definition) is 0. The van der Waals surface area contributed by atoms with Crippen molar-refractivity contribution in [1.29, 1.82) is 10.5 Å². The summed E-state index contributed by atoms with van der Waals surface area (Å²) >= 11 is 0. The largest absolute Gasteiger partial charge is 0.485 e. The summed E-state index contributed by atoms with van der Waals surface area (Å²) in [6.07, 6.45) is 6.60. The first-order valence-corrected chi connectivity index (χ1v) is 6.62. The summed E-state index contributed by atoms with van der Waals surface area (Å²) in [5, 5.41) is 18.2. The molecule has 0 fully saturated rings. The molecule has 7 heteroatoms. The van der Waals surface area contributed by atoms with Crippen molar-refractivity contribution in [2.45, 2.75) is 0 Å². The standard InChI is InChI=1S/C16H12N3O4/c1-22-7-8-23-16-13(19-5-3-2-4-6-19)14(20)11(9-17)12(10-18)15(16)21/h2-6H,7-8H2,1H3. The number of allylic oxidation sites excluding steroid dienone is 4. The molecule has 0 spiro atoms. The molecule has 1 aliphatic heterocycles. The van der Waals surface area contributed by atoms with Crippen LogP contribution in [0.15, 0.2) is 47.0 Å². The first-order valence-electron chi connectivity index (χ1n) is 6.62. The van der Waals surface area contributed by atoms with Gasteiger partial charge in [0, 0.05) is 13.3 Å². The molecule has 23 heavy (non-hydrogen) atoms. The molecule has 7 nitrogen and oxygen atoms in total. The van der Waals surface area contributed by atoms with E-state index in [0.29, 0.717) is 0 Å². The monoisotopic (exact) mass is 310 g/mol. The number of carbonyl (C=O) groups excluding carboxylic acids is 2. The Hall–Kier alpha value is -3.16. The van der Waals surface area contributed by atoms with Crippen molar-refractivity contribution in [3.63, 3.8) is 0 Å². The Morgan fingerprint density at radius 2 is 1.74 bits per heavy atom. The third-order valence-corrected chi connectivity index (χ3v) is 3.07. The third kappa shape index (κ3) is 3.05. The summed E-state index contributed by atoms with van der Waals surface area (Å²) in [6.45, 7) is 1.78. The maximum Gasteiger partial charge on any atom is 0.241 e. The van der Waals surface area contributed by atoms with E-state index >= 15 is 0 Å². The van der Waals surface area contributed by atoms with Gasteiger partial charge in [-0.15, -0.1) is 0 Å². The second-order valence-corrected chi connectivity index (χ2v) is 4.43. The van der Waals surface area contributed by atoms with Gasteiger partial charge in [-0.1, -0.05) is 12.2 Å². The summed E-state index contributed by atoms with van der Waals surface area (Å²) in [5.41, 5.74) is -1.09. The summed E-state index contributed by atoms with van der Waals surface area (Å²) in [5.74, 6) is -1.78. The van der Waals surface area contributed by atoms with Gasteiger partial charge < -0.3 is 14.4 Å². The summed E-state index contributed by atoms with van der Waals surface area (Å²) in [6, 6.07) is 3.24. The Morgan fingerprint density at radius 1 is 1.04 bits per heavy atom. The second-order valence-electron chi connectivity index (χ2n) is 4.43. The van der Waals surface area contributed by atoms with Crippen molar-refractivity contribution in [1.82, 2.24) is 4.90 Å². The van der Waals surface area contributed by atoms with Crippen molar-refractivity contribution in [3.05, 3.63) is 53.6 Å². The molecule has 0 aromatic carbocycles. The van der Waals surface area contributed by atoms with Gasteiger partial charge in [0.25, 0.3) is 0 Å². The third-order valence-electron chi connectivity index (χ3n) is 3.07. The predicted octanol–water partition coefficient (Wildman–Crippen LogP) is 0.904. The lowest BCUT2D eigenvalue weighted by Crippen LogP contribution is -2.32. The van der Waals surface area contributed by atoms with Gasteiger partial charge in [0.2, 0.25) is 11.6 Å². The molecule has 0 unspecified atom stereocenters. The first-order chi connectivity index (χ1) is 11.2. The maximum absolute atomic E-state index is 12.5. The van der Waals surface area contributed by atoms with Gasteiger partial charge in [0.1, 0.15) is 35.6 Å². The molecule has 0 bridgehead atoms. The van der Waals surface area contributed by atoms with Gasteiger partial charge in [-0.2, -0.15) is 10.5 Å². The average Bonchev–Trinajstić information content (AvgIpc) is 2.58. The summed E-state index contributed by atoms with van der Waals surface area (Å²) in [4.78, 5) is 26.4. The number of ether oxygens (including phenoxy) is 2. The van der Waals surface area contributed by atoms with Crippen LogP contribution in [0.5, 0.6) is 0 Å². The van der Waals surface area contributed by atoms with Crippen molar-refractivity contribution < 1.29 is 19.1 Å². The van der Waals surface area contributed by atoms with E-state index in [1.165, 1.54) is 12.0 Å². The number of Topliss-reactive ketones (excluding diaryl/α,β-unsaturated/α-hetero) is 2. The fraction of sp³-hybridized carbons (Fsp3) is 0.188. The minimum absolute atomic E-state index is 0.0301. The molecule has 0 atom stereocenters. The predicted molar refractivity (Wildman–Crippen MR) is 77.5 cm³/mol. The van der Waals surface area contributed by atoms with E-state index in [1.807, 2.05) is 0 Å². The van der Waals surface area contributed by atoms with E-state index in [4.69, 9.17) is 20.0 Å². The minimum Gasteiger partial charge on any atom is -0.485 e. The van der Waals surface area contributed by atoms with Gasteiger partial charge in [0.15, 0.2) is 5.76 Å². The number of rotatable bonds is 5. The van der Waals surface area contributed by atoms with Crippen LogP contribution in [0.1, 0.15) is 0 Å². The Bertz CT molecular complexity index is 744. The van der Waals surface area contributed by atoms with Crippen molar-refractivity contribution >= 4 is 11.6 Å². The molecule has 1 radical (unpaired) electrons. The zero-order chi connectivity index (χ0) is 16.8. The molecule has 115 valence electrons. The smallest absolute Gasteiger partial charge is 0.241 e. The quantitative estimate of drug-likeness (QED) is 0.549. The van der Waals surface area contributed by atoms with Crippen molar-refractivity contribution in [3.8, 4) is 12.1 Å². The Balaban J connectivity index is 2.50. The van der Waals surface area contributed by atoms with Crippen LogP contribution in [-0.4, -0.2) is 36.8 Å². The van der Waals surface area contributed by atoms with Gasteiger partial charge in [-0.05, 0) is 6.08 Å². The number of nitrogens with zero attached hydrogens (tertiary/aromatic N) is 3. The van der Waals surface area contributed by atoms with E-state index in [-0.39, 0.29) is 24.7 Å². The number of hydrogen-bond acceptors (Lipinski definition) is 7. The molecule has 0 N–H and O–H groups in total. The van der Waals surface area contributed by atoms with Crippen LogP contribution in [0.25, 0.3) is 0 Å². The van der Waals surface area contributed by atoms with Gasteiger partial charge in [-0.25, -0.2) is 0 Å². The first kappa shape index (κ1) is 16.2. The van der Waals surface area contributed by atoms with Crippen molar-refractivity contribution in [2.75, 3.05) is 20.3 Å². The zero-order valence-corrected chi connectivity index (χ0v) is 12.3. The van der Waals surface area contributed by atoms with Crippen LogP contribution in [0.4, 0.5) is 0 Å². The lowest BCUT2D eigenvalue weighted by Gasteiger charge is -2.27. The van der Waals surface area contributed by atoms with E-state index in [1.54, 1.807) is 43.1 Å². The molecule has 1 aliphatic carbocycles. The fourth-order valence-electron chi connectivity index (χ4n) is 2.03. The van der Waals surface area contributed by atoms with E-state index < -0.39 is 22.7 Å². The molecule has 0 saturated carbocycles. The highest BCUT2D eigenvalue weighted by Crippen LogP contribution is 2.29. The number of nitriles is 2. The number of methoxy groups -OCH3 is 1. The molecule has 0 amide bonds. The summed E-state index contributed by atoms with van der Waals surface area (Å²) in [7, 11) is 1.47. The molecule has 0 saturated heterocycles. The van der Waals surface area contributed by atoms with E-state index in [2.05, 4.69) is 0 Å². The summed E-state index contributed by atoms with van der Waals surface area (Å²) < 4.78 is 10.2. The molecule has 2 aliphatic rings. The maximum atomic E-state index is 12.5. The van der Waals surface area contributed by atoms with Gasteiger partial charge >= 0.3 is 0 Å². The lowest BCUT2D eigenvalue weighted by molar-refractivity contribution is -0.119. The molecule has 0 aromatic rings. The van der Waals surface area contributed by atoms with Gasteiger partial charge in [0.05, 0.1) is 13.2 Å². The Kier molecular flexibility index (Phi) is 5.08. The molecular weight excluding hydrogens is 298 g/mol. The highest BCUT2D eigenvalue weighted by Gasteiger charge is 2.38. The Labute approximate surface area is 133 Å². The number of carbonyl (C=O) groups is 2. The number of ketones is 2. The average molecular weight is 310 g/mol. The van der Waals surface area contributed by atoms with E-state index in [0.717, 1.165) is 0 Å². The molecule has 2 rings (SSSR count). The Morgan fingerprint density at radius 3 is 2.30 bits per heavy atom. The topological polar surface area (TPSA) is 103 Å². The van der Waals surface area contributed by atoms with Crippen molar-refractivity contribution in [2.24, 2.45) is 0 Å². The molecular formula is C16H12N3O4. The molecule has 0 aromatic heterocycles. The molecule has 1 heterocycles. The van der Waals surface area contributed by atoms with Crippen LogP contribution >= 0.6 is 0 Å². The van der Waals surface area contributed by atoms with Crippen LogP contribution in [-0.2, 0) is 19.1 Å². The fourth-order valence-corrected chi connectivity index (χ4v) is 2.03. The minimum atomic E-state index is -0.786. The van der Waals surface area contributed by atoms with Crippen LogP contribution in [0, 0.1) is 29.2 Å². The van der Waals surface area contributed by atoms with Crippen LogP contribution < -0.4 is 0 Å².